The number of ether oxygens (including phenoxy) is 2. The molecule has 10 heavy (non-hydrogen) atoms. The van der Waals surface area contributed by atoms with Gasteiger partial charge in [0.25, 0.3) is 0 Å². The van der Waals surface area contributed by atoms with E-state index in [1.165, 1.54) is 0 Å². The van der Waals surface area contributed by atoms with Crippen LogP contribution in [0.1, 0.15) is 19.8 Å². The van der Waals surface area contributed by atoms with Crippen molar-refractivity contribution in [2.75, 3.05) is 13.2 Å². The highest BCUT2D eigenvalue weighted by atomic mass is 16.6. The van der Waals surface area contributed by atoms with E-state index in [-0.39, 0.29) is 6.10 Å². The zero-order chi connectivity index (χ0) is 7.40. The van der Waals surface area contributed by atoms with Crippen molar-refractivity contribution in [3.8, 4) is 0 Å². The highest BCUT2D eigenvalue weighted by molar-refractivity contribution is 4.94. The molecule has 0 saturated carbocycles. The van der Waals surface area contributed by atoms with Crippen molar-refractivity contribution >= 4 is 0 Å². The van der Waals surface area contributed by atoms with Crippen LogP contribution in [0.2, 0.25) is 0 Å². The van der Waals surface area contributed by atoms with Crippen LogP contribution >= 0.6 is 0 Å². The van der Waals surface area contributed by atoms with E-state index in [1.807, 2.05) is 0 Å². The highest BCUT2D eigenvalue weighted by Gasteiger charge is 2.17. The van der Waals surface area contributed by atoms with Crippen molar-refractivity contribution in [2.24, 2.45) is 0 Å². The molecule has 0 amide bonds. The van der Waals surface area contributed by atoms with E-state index in [0.29, 0.717) is 13.2 Å². The molecule has 2 nitrogen and oxygen atoms in total. The van der Waals surface area contributed by atoms with Gasteiger partial charge in [-0.3, -0.25) is 0 Å². The summed E-state index contributed by atoms with van der Waals surface area (Å²) in [6, 6.07) is 0. The number of hydrogen-bond donors (Lipinski definition) is 0. The molecular formula is C8H14O2. The molecule has 0 aromatic carbocycles. The summed E-state index contributed by atoms with van der Waals surface area (Å²) in [5.41, 5.74) is 0. The molecule has 0 N–H and O–H groups in total. The van der Waals surface area contributed by atoms with Crippen LogP contribution in [-0.2, 0) is 9.47 Å². The van der Waals surface area contributed by atoms with Crippen molar-refractivity contribution in [3.63, 3.8) is 0 Å². The van der Waals surface area contributed by atoms with Gasteiger partial charge in [-0.05, 0) is 6.42 Å². The van der Waals surface area contributed by atoms with E-state index >= 15 is 0 Å². The fraction of sp³-hybridized carbons (Fsp3) is 0.750. The van der Waals surface area contributed by atoms with Crippen molar-refractivity contribution < 1.29 is 9.47 Å². The van der Waals surface area contributed by atoms with Gasteiger partial charge in [0.05, 0.1) is 6.61 Å². The maximum absolute atomic E-state index is 5.41. The first-order valence-electron chi connectivity index (χ1n) is 3.77. The summed E-state index contributed by atoms with van der Waals surface area (Å²) in [4.78, 5) is 0. The van der Waals surface area contributed by atoms with Crippen molar-refractivity contribution in [3.05, 3.63) is 12.3 Å². The second-order valence-corrected chi connectivity index (χ2v) is 2.46. The Kier molecular flexibility index (Phi) is 2.75. The molecule has 1 heterocycles. The molecule has 58 valence electrons. The van der Waals surface area contributed by atoms with Gasteiger partial charge in [-0.15, -0.1) is 0 Å². The van der Waals surface area contributed by atoms with E-state index in [4.69, 9.17) is 9.47 Å². The fourth-order valence-electron chi connectivity index (χ4n) is 1.06. The minimum Gasteiger partial charge on any atom is -0.493 e. The van der Waals surface area contributed by atoms with Crippen LogP contribution in [0, 0.1) is 0 Å². The van der Waals surface area contributed by atoms with Crippen LogP contribution in [0.5, 0.6) is 0 Å². The van der Waals surface area contributed by atoms with Crippen LogP contribution < -0.4 is 0 Å². The molecule has 0 bridgehead atoms. The summed E-state index contributed by atoms with van der Waals surface area (Å²) in [7, 11) is 0. The van der Waals surface area contributed by atoms with Gasteiger partial charge in [-0.1, -0.05) is 19.9 Å². The van der Waals surface area contributed by atoms with Crippen molar-refractivity contribution in [2.45, 2.75) is 25.9 Å². The topological polar surface area (TPSA) is 18.5 Å². The zero-order valence-electron chi connectivity index (χ0n) is 6.43. The SMILES string of the molecule is C=C1OCCOC1CCC. The second kappa shape index (κ2) is 3.62. The molecule has 1 fully saturated rings. The summed E-state index contributed by atoms with van der Waals surface area (Å²) < 4.78 is 10.6. The lowest BCUT2D eigenvalue weighted by atomic mass is 10.2. The minimum absolute atomic E-state index is 0.152. The smallest absolute Gasteiger partial charge is 0.118 e. The minimum atomic E-state index is 0.152. The molecule has 0 aromatic rings. The Morgan fingerprint density at radius 2 is 2.40 bits per heavy atom. The first kappa shape index (κ1) is 7.61. The zero-order valence-corrected chi connectivity index (χ0v) is 6.43. The summed E-state index contributed by atoms with van der Waals surface area (Å²) in [6.07, 6.45) is 2.30. The Labute approximate surface area is 61.8 Å². The molecule has 0 aromatic heterocycles. The van der Waals surface area contributed by atoms with E-state index in [2.05, 4.69) is 13.5 Å². The molecule has 1 unspecified atom stereocenters. The van der Waals surface area contributed by atoms with Gasteiger partial charge < -0.3 is 9.47 Å². The third kappa shape index (κ3) is 1.74. The lowest BCUT2D eigenvalue weighted by molar-refractivity contribution is -0.0445. The molecule has 1 atom stereocenters. The normalized spacial score (nSPS) is 26.1. The van der Waals surface area contributed by atoms with Gasteiger partial charge in [0.1, 0.15) is 18.5 Å². The van der Waals surface area contributed by atoms with E-state index < -0.39 is 0 Å². The van der Waals surface area contributed by atoms with Gasteiger partial charge in [-0.25, -0.2) is 0 Å². The standard InChI is InChI=1S/C8H14O2/c1-3-4-8-7(2)9-5-6-10-8/h8H,2-6H2,1H3. The molecule has 0 spiro atoms. The highest BCUT2D eigenvalue weighted by Crippen LogP contribution is 2.16. The average molecular weight is 142 g/mol. The van der Waals surface area contributed by atoms with Gasteiger partial charge >= 0.3 is 0 Å². The largest absolute Gasteiger partial charge is 0.493 e. The van der Waals surface area contributed by atoms with Crippen LogP contribution in [-0.4, -0.2) is 19.3 Å². The van der Waals surface area contributed by atoms with Gasteiger partial charge in [0.15, 0.2) is 0 Å². The lowest BCUT2D eigenvalue weighted by Gasteiger charge is -2.25. The third-order valence-electron chi connectivity index (χ3n) is 1.60. The van der Waals surface area contributed by atoms with Crippen LogP contribution in [0.25, 0.3) is 0 Å². The third-order valence-corrected chi connectivity index (χ3v) is 1.60. The quantitative estimate of drug-likeness (QED) is 0.584. The molecule has 1 rings (SSSR count). The van der Waals surface area contributed by atoms with E-state index in [9.17, 15) is 0 Å². The fourth-order valence-corrected chi connectivity index (χ4v) is 1.06. The molecule has 0 aliphatic carbocycles. The molecule has 2 heteroatoms. The summed E-state index contributed by atoms with van der Waals surface area (Å²) >= 11 is 0. The summed E-state index contributed by atoms with van der Waals surface area (Å²) in [5, 5.41) is 0. The molecule has 1 aliphatic rings. The van der Waals surface area contributed by atoms with Gasteiger partial charge in [0, 0.05) is 0 Å². The Morgan fingerprint density at radius 3 is 3.00 bits per heavy atom. The first-order chi connectivity index (χ1) is 4.84. The molecule has 0 radical (unpaired) electrons. The molecule has 1 aliphatic heterocycles. The van der Waals surface area contributed by atoms with Crippen molar-refractivity contribution in [1.29, 1.82) is 0 Å². The van der Waals surface area contributed by atoms with E-state index in [0.717, 1.165) is 18.6 Å². The van der Waals surface area contributed by atoms with E-state index in [1.54, 1.807) is 0 Å². The number of rotatable bonds is 2. The number of hydrogen-bond acceptors (Lipinski definition) is 2. The predicted molar refractivity (Wildman–Crippen MR) is 39.7 cm³/mol. The Bertz CT molecular complexity index is 118. The lowest BCUT2D eigenvalue weighted by Crippen LogP contribution is -2.25. The van der Waals surface area contributed by atoms with Crippen molar-refractivity contribution in [1.82, 2.24) is 0 Å². The predicted octanol–water partition coefficient (Wildman–Crippen LogP) is 1.72. The van der Waals surface area contributed by atoms with Gasteiger partial charge in [-0.2, -0.15) is 0 Å². The Balaban J connectivity index is 2.32. The monoisotopic (exact) mass is 142 g/mol. The van der Waals surface area contributed by atoms with Crippen LogP contribution in [0.15, 0.2) is 12.3 Å². The van der Waals surface area contributed by atoms with Gasteiger partial charge in [0.2, 0.25) is 0 Å². The first-order valence-corrected chi connectivity index (χ1v) is 3.77. The molecule has 1 saturated heterocycles. The maximum atomic E-state index is 5.41. The summed E-state index contributed by atoms with van der Waals surface area (Å²) in [6.45, 7) is 7.27. The molecular weight excluding hydrogens is 128 g/mol. The Hall–Kier alpha value is -0.500. The summed E-state index contributed by atoms with van der Waals surface area (Å²) in [5.74, 6) is 0.799. The Morgan fingerprint density at radius 1 is 1.60 bits per heavy atom. The second-order valence-electron chi connectivity index (χ2n) is 2.46. The maximum Gasteiger partial charge on any atom is 0.118 e. The van der Waals surface area contributed by atoms with Crippen LogP contribution in [0.4, 0.5) is 0 Å². The van der Waals surface area contributed by atoms with Crippen LogP contribution in [0.3, 0.4) is 0 Å². The average Bonchev–Trinajstić information content (AvgIpc) is 1.94.